The lowest BCUT2D eigenvalue weighted by Crippen LogP contribution is -2.13. The van der Waals surface area contributed by atoms with Crippen LogP contribution in [0.2, 0.25) is 0 Å². The number of nitrogens with two attached hydrogens (primary N) is 1. The lowest BCUT2D eigenvalue weighted by atomic mass is 10.1. The van der Waals surface area contributed by atoms with Crippen molar-refractivity contribution < 1.29 is 4.79 Å². The van der Waals surface area contributed by atoms with Crippen molar-refractivity contribution >= 4 is 29.0 Å². The maximum atomic E-state index is 11.7. The van der Waals surface area contributed by atoms with Gasteiger partial charge in [-0.3, -0.25) is 4.79 Å². The van der Waals surface area contributed by atoms with Crippen LogP contribution in [0, 0.1) is 6.92 Å². The maximum absolute atomic E-state index is 11.7. The van der Waals surface area contributed by atoms with Crippen molar-refractivity contribution in [1.82, 2.24) is 0 Å². The molecular weight excluding hydrogens is 244 g/mol. The number of benzene rings is 1. The van der Waals surface area contributed by atoms with Crippen LogP contribution >= 0.6 is 11.8 Å². The molecule has 0 aliphatic carbocycles. The van der Waals surface area contributed by atoms with Gasteiger partial charge in [0.2, 0.25) is 5.91 Å². The second-order valence-corrected chi connectivity index (χ2v) is 5.51. The number of amides is 1. The van der Waals surface area contributed by atoms with Gasteiger partial charge < -0.3 is 11.1 Å². The molecule has 0 aliphatic heterocycles. The van der Waals surface area contributed by atoms with E-state index in [-0.39, 0.29) is 5.91 Å². The Kier molecular flexibility index (Phi) is 6.65. The molecule has 3 N–H and O–H groups in total. The first kappa shape index (κ1) is 14.9. The first-order valence-corrected chi connectivity index (χ1v) is 7.53. The number of hydrogen-bond donors (Lipinski definition) is 2. The Morgan fingerprint density at radius 2 is 2.17 bits per heavy atom. The fourth-order valence-corrected chi connectivity index (χ4v) is 2.54. The molecule has 1 amide bonds. The predicted octanol–water partition coefficient (Wildman–Crippen LogP) is 3.44. The lowest BCUT2D eigenvalue weighted by molar-refractivity contribution is -0.115. The lowest BCUT2D eigenvalue weighted by Gasteiger charge is -2.09. The van der Waals surface area contributed by atoms with Crippen LogP contribution in [0.4, 0.5) is 11.4 Å². The summed E-state index contributed by atoms with van der Waals surface area (Å²) in [4.78, 5) is 11.7. The van der Waals surface area contributed by atoms with E-state index in [1.165, 1.54) is 12.8 Å². The molecule has 0 heterocycles. The summed E-state index contributed by atoms with van der Waals surface area (Å²) in [7, 11) is 0. The summed E-state index contributed by atoms with van der Waals surface area (Å²) in [6.45, 7) is 4.09. The Bertz CT molecular complexity index is 393. The molecule has 0 bridgehead atoms. The highest BCUT2D eigenvalue weighted by atomic mass is 32.2. The zero-order chi connectivity index (χ0) is 13.4. The number of thioether (sulfide) groups is 1. The van der Waals surface area contributed by atoms with E-state index in [1.807, 2.05) is 36.9 Å². The number of carbonyl (C=O) groups is 1. The van der Waals surface area contributed by atoms with E-state index in [0.717, 1.165) is 22.8 Å². The summed E-state index contributed by atoms with van der Waals surface area (Å²) in [6, 6.07) is 5.58. The SMILES string of the molecule is CCCCSCCC(=O)Nc1cccc(N)c1C. The topological polar surface area (TPSA) is 55.1 Å². The van der Waals surface area contributed by atoms with Crippen LogP contribution in [0.15, 0.2) is 18.2 Å². The summed E-state index contributed by atoms with van der Waals surface area (Å²) in [5.41, 5.74) is 8.26. The normalized spacial score (nSPS) is 10.3. The number of hydrogen-bond acceptors (Lipinski definition) is 3. The van der Waals surface area contributed by atoms with Crippen molar-refractivity contribution in [3.05, 3.63) is 23.8 Å². The zero-order valence-corrected chi connectivity index (χ0v) is 12.0. The highest BCUT2D eigenvalue weighted by Crippen LogP contribution is 2.20. The van der Waals surface area contributed by atoms with E-state index in [2.05, 4.69) is 12.2 Å². The standard InChI is InChI=1S/C14H22N2OS/c1-3-4-9-18-10-8-14(17)16-13-7-5-6-12(15)11(13)2/h5-7H,3-4,8-10,15H2,1-2H3,(H,16,17). The third kappa shape index (κ3) is 5.00. The average molecular weight is 266 g/mol. The van der Waals surface area contributed by atoms with Gasteiger partial charge in [-0.25, -0.2) is 0 Å². The molecule has 3 nitrogen and oxygen atoms in total. The molecule has 0 unspecified atom stereocenters. The molecule has 0 saturated carbocycles. The van der Waals surface area contributed by atoms with Crippen molar-refractivity contribution in [2.75, 3.05) is 22.6 Å². The van der Waals surface area contributed by atoms with Gasteiger partial charge in [-0.1, -0.05) is 19.4 Å². The second-order valence-electron chi connectivity index (χ2n) is 4.28. The molecule has 0 spiro atoms. The third-order valence-corrected chi connectivity index (χ3v) is 3.84. The summed E-state index contributed by atoms with van der Waals surface area (Å²) in [6.07, 6.45) is 2.99. The fraction of sp³-hybridized carbons (Fsp3) is 0.500. The smallest absolute Gasteiger partial charge is 0.225 e. The van der Waals surface area contributed by atoms with Gasteiger partial charge in [0.25, 0.3) is 0 Å². The Balaban J connectivity index is 2.34. The molecule has 0 radical (unpaired) electrons. The molecular formula is C14H22N2OS. The average Bonchev–Trinajstić information content (AvgIpc) is 2.35. The second kappa shape index (κ2) is 8.03. The quantitative estimate of drug-likeness (QED) is 0.587. The minimum Gasteiger partial charge on any atom is -0.398 e. The molecule has 1 aromatic rings. The van der Waals surface area contributed by atoms with E-state index in [1.54, 1.807) is 0 Å². The van der Waals surface area contributed by atoms with E-state index >= 15 is 0 Å². The largest absolute Gasteiger partial charge is 0.398 e. The molecule has 1 aromatic carbocycles. The molecule has 100 valence electrons. The molecule has 1 rings (SSSR count). The Morgan fingerprint density at radius 1 is 1.39 bits per heavy atom. The monoisotopic (exact) mass is 266 g/mol. The summed E-state index contributed by atoms with van der Waals surface area (Å²) in [5.74, 6) is 2.08. The molecule has 18 heavy (non-hydrogen) atoms. The summed E-state index contributed by atoms with van der Waals surface area (Å²) < 4.78 is 0. The van der Waals surface area contributed by atoms with Crippen LogP contribution in [0.5, 0.6) is 0 Å². The molecule has 0 aromatic heterocycles. The minimum atomic E-state index is 0.0627. The van der Waals surface area contributed by atoms with Gasteiger partial charge in [0.15, 0.2) is 0 Å². The number of nitrogens with one attached hydrogen (secondary N) is 1. The van der Waals surface area contributed by atoms with Gasteiger partial charge >= 0.3 is 0 Å². The van der Waals surface area contributed by atoms with E-state index in [9.17, 15) is 4.79 Å². The minimum absolute atomic E-state index is 0.0627. The van der Waals surface area contributed by atoms with E-state index in [4.69, 9.17) is 5.73 Å². The fourth-order valence-electron chi connectivity index (χ4n) is 1.51. The third-order valence-electron chi connectivity index (χ3n) is 2.77. The van der Waals surface area contributed by atoms with Gasteiger partial charge in [0.05, 0.1) is 0 Å². The maximum Gasteiger partial charge on any atom is 0.225 e. The Hall–Kier alpha value is -1.16. The first-order chi connectivity index (χ1) is 8.65. The van der Waals surface area contributed by atoms with Gasteiger partial charge in [-0.2, -0.15) is 11.8 Å². The van der Waals surface area contributed by atoms with Crippen LogP contribution in [0.25, 0.3) is 0 Å². The van der Waals surface area contributed by atoms with Crippen LogP contribution in [0.3, 0.4) is 0 Å². The number of nitrogen functional groups attached to an aromatic ring is 1. The van der Waals surface area contributed by atoms with Crippen molar-refractivity contribution in [3.63, 3.8) is 0 Å². The van der Waals surface area contributed by atoms with Gasteiger partial charge in [-0.05, 0) is 36.8 Å². The number of rotatable bonds is 7. The summed E-state index contributed by atoms with van der Waals surface area (Å²) in [5, 5.41) is 2.91. The molecule has 0 fully saturated rings. The van der Waals surface area contributed by atoms with Gasteiger partial charge in [0, 0.05) is 23.5 Å². The number of carbonyl (C=O) groups excluding carboxylic acids is 1. The molecule has 0 aliphatic rings. The van der Waals surface area contributed by atoms with Crippen molar-refractivity contribution in [3.8, 4) is 0 Å². The number of unbranched alkanes of at least 4 members (excludes halogenated alkanes) is 1. The van der Waals surface area contributed by atoms with Gasteiger partial charge in [0.1, 0.15) is 0 Å². The Labute approximate surface area is 114 Å². The van der Waals surface area contributed by atoms with Gasteiger partial charge in [-0.15, -0.1) is 0 Å². The molecule has 4 heteroatoms. The molecule has 0 saturated heterocycles. The van der Waals surface area contributed by atoms with Crippen LogP contribution in [0.1, 0.15) is 31.7 Å². The number of anilines is 2. The zero-order valence-electron chi connectivity index (χ0n) is 11.2. The van der Waals surface area contributed by atoms with E-state index in [0.29, 0.717) is 12.1 Å². The highest BCUT2D eigenvalue weighted by Gasteiger charge is 2.05. The predicted molar refractivity (Wildman–Crippen MR) is 81.1 cm³/mol. The van der Waals surface area contributed by atoms with Crippen LogP contribution in [-0.4, -0.2) is 17.4 Å². The van der Waals surface area contributed by atoms with Crippen LogP contribution < -0.4 is 11.1 Å². The van der Waals surface area contributed by atoms with Crippen molar-refractivity contribution in [1.29, 1.82) is 0 Å². The summed E-state index contributed by atoms with van der Waals surface area (Å²) >= 11 is 1.84. The first-order valence-electron chi connectivity index (χ1n) is 6.37. The Morgan fingerprint density at radius 3 is 2.89 bits per heavy atom. The van der Waals surface area contributed by atoms with Crippen LogP contribution in [-0.2, 0) is 4.79 Å². The van der Waals surface area contributed by atoms with Crippen molar-refractivity contribution in [2.24, 2.45) is 0 Å². The van der Waals surface area contributed by atoms with Crippen molar-refractivity contribution in [2.45, 2.75) is 33.1 Å². The van der Waals surface area contributed by atoms with E-state index < -0.39 is 0 Å². The highest BCUT2D eigenvalue weighted by molar-refractivity contribution is 7.99. The molecule has 0 atom stereocenters.